The maximum Gasteiger partial charge on any atom is 0.317 e. The zero-order valence-electron chi connectivity index (χ0n) is 13.0. The molecule has 0 radical (unpaired) electrons. The summed E-state index contributed by atoms with van der Waals surface area (Å²) in [5, 5.41) is 12.3. The molecule has 2 fully saturated rings. The van der Waals surface area contributed by atoms with Crippen molar-refractivity contribution in [2.24, 2.45) is 11.8 Å². The van der Waals surface area contributed by atoms with Crippen molar-refractivity contribution in [2.75, 3.05) is 13.1 Å². The normalized spacial score (nSPS) is 30.5. The molecule has 3 atom stereocenters. The van der Waals surface area contributed by atoms with Gasteiger partial charge >= 0.3 is 12.0 Å². The van der Waals surface area contributed by atoms with Crippen LogP contribution in [-0.2, 0) is 4.79 Å². The summed E-state index contributed by atoms with van der Waals surface area (Å²) in [4.78, 5) is 25.6. The van der Waals surface area contributed by atoms with E-state index in [9.17, 15) is 14.7 Å². The standard InChI is InChI=1S/C16H28N2O3/c1-12-7-3-2-6-10-18(12)16(21)17-11-13-8-4-5-9-14(13)15(19)20/h12-14H,2-11H2,1H3,(H,17,21)(H,19,20). The molecule has 2 N–H and O–H groups in total. The molecule has 2 aliphatic rings. The molecule has 5 heteroatoms. The smallest absolute Gasteiger partial charge is 0.317 e. The Bertz CT molecular complexity index is 373. The van der Waals surface area contributed by atoms with E-state index in [0.29, 0.717) is 6.54 Å². The number of hydrogen-bond acceptors (Lipinski definition) is 2. The average Bonchev–Trinajstić information content (AvgIpc) is 2.69. The van der Waals surface area contributed by atoms with E-state index in [-0.39, 0.29) is 23.9 Å². The van der Waals surface area contributed by atoms with Gasteiger partial charge < -0.3 is 15.3 Å². The van der Waals surface area contributed by atoms with Crippen LogP contribution in [0, 0.1) is 11.8 Å². The van der Waals surface area contributed by atoms with Crippen LogP contribution in [0.1, 0.15) is 58.3 Å². The number of carbonyl (C=O) groups is 2. The topological polar surface area (TPSA) is 69.6 Å². The second kappa shape index (κ2) is 7.66. The maximum absolute atomic E-state index is 12.3. The lowest BCUT2D eigenvalue weighted by atomic mass is 9.79. The quantitative estimate of drug-likeness (QED) is 0.841. The Morgan fingerprint density at radius 2 is 1.81 bits per heavy atom. The highest BCUT2D eigenvalue weighted by atomic mass is 16.4. The molecule has 1 saturated heterocycles. The first-order valence-electron chi connectivity index (χ1n) is 8.37. The van der Waals surface area contributed by atoms with E-state index in [4.69, 9.17) is 0 Å². The lowest BCUT2D eigenvalue weighted by Crippen LogP contribution is -2.47. The van der Waals surface area contributed by atoms with Gasteiger partial charge in [-0.15, -0.1) is 0 Å². The molecule has 2 rings (SSSR count). The van der Waals surface area contributed by atoms with Crippen LogP contribution in [0.3, 0.4) is 0 Å². The molecule has 1 heterocycles. The second-order valence-electron chi connectivity index (χ2n) is 6.57. The van der Waals surface area contributed by atoms with Crippen molar-refractivity contribution in [2.45, 2.75) is 64.3 Å². The van der Waals surface area contributed by atoms with E-state index < -0.39 is 5.97 Å². The third kappa shape index (κ3) is 4.35. The molecule has 0 aromatic rings. The molecule has 1 saturated carbocycles. The molecule has 0 spiro atoms. The molecule has 0 aromatic heterocycles. The summed E-state index contributed by atoms with van der Waals surface area (Å²) < 4.78 is 0. The number of nitrogens with one attached hydrogen (secondary N) is 1. The summed E-state index contributed by atoms with van der Waals surface area (Å²) in [5.41, 5.74) is 0. The number of carbonyl (C=O) groups excluding carboxylic acids is 1. The Morgan fingerprint density at radius 1 is 1.10 bits per heavy atom. The van der Waals surface area contributed by atoms with Gasteiger partial charge in [-0.1, -0.05) is 25.7 Å². The van der Waals surface area contributed by atoms with Crippen LogP contribution in [0.4, 0.5) is 4.79 Å². The predicted octanol–water partition coefficient (Wildman–Crippen LogP) is 2.85. The minimum Gasteiger partial charge on any atom is -0.481 e. The van der Waals surface area contributed by atoms with E-state index in [0.717, 1.165) is 45.1 Å². The van der Waals surface area contributed by atoms with Gasteiger partial charge in [0.25, 0.3) is 0 Å². The molecule has 120 valence electrons. The van der Waals surface area contributed by atoms with Gasteiger partial charge in [0.1, 0.15) is 0 Å². The highest BCUT2D eigenvalue weighted by Crippen LogP contribution is 2.29. The van der Waals surface area contributed by atoms with Gasteiger partial charge in [0.15, 0.2) is 0 Å². The van der Waals surface area contributed by atoms with Crippen LogP contribution in [0.5, 0.6) is 0 Å². The third-order valence-corrected chi connectivity index (χ3v) is 5.06. The third-order valence-electron chi connectivity index (χ3n) is 5.06. The fourth-order valence-electron chi connectivity index (χ4n) is 3.67. The van der Waals surface area contributed by atoms with E-state index in [1.165, 1.54) is 12.8 Å². The first kappa shape index (κ1) is 16.1. The zero-order valence-corrected chi connectivity index (χ0v) is 13.0. The molecule has 1 aliphatic heterocycles. The van der Waals surface area contributed by atoms with E-state index in [1.807, 2.05) is 4.90 Å². The Kier molecular flexibility index (Phi) is 5.88. The van der Waals surface area contributed by atoms with Gasteiger partial charge in [-0.25, -0.2) is 4.79 Å². The van der Waals surface area contributed by atoms with Crippen molar-refractivity contribution in [3.63, 3.8) is 0 Å². The summed E-state index contributed by atoms with van der Waals surface area (Å²) >= 11 is 0. The van der Waals surface area contributed by atoms with Crippen molar-refractivity contribution >= 4 is 12.0 Å². The van der Waals surface area contributed by atoms with Gasteiger partial charge in [0.05, 0.1) is 5.92 Å². The van der Waals surface area contributed by atoms with Gasteiger partial charge in [0, 0.05) is 19.1 Å². The summed E-state index contributed by atoms with van der Waals surface area (Å²) in [6.45, 7) is 3.42. The molecule has 2 amide bonds. The lowest BCUT2D eigenvalue weighted by molar-refractivity contribution is -0.144. The van der Waals surface area contributed by atoms with Crippen LogP contribution in [0.25, 0.3) is 0 Å². The molecular weight excluding hydrogens is 268 g/mol. The van der Waals surface area contributed by atoms with Gasteiger partial charge in [-0.05, 0) is 38.5 Å². The minimum absolute atomic E-state index is 0.0147. The van der Waals surface area contributed by atoms with Crippen molar-refractivity contribution in [3.05, 3.63) is 0 Å². The number of likely N-dealkylation sites (tertiary alicyclic amines) is 1. The molecule has 21 heavy (non-hydrogen) atoms. The number of carboxylic acids is 1. The fraction of sp³-hybridized carbons (Fsp3) is 0.875. The second-order valence-corrected chi connectivity index (χ2v) is 6.57. The molecule has 0 bridgehead atoms. The number of aliphatic carboxylic acids is 1. The molecule has 1 aliphatic carbocycles. The SMILES string of the molecule is CC1CCCCCN1C(=O)NCC1CCCCC1C(=O)O. The lowest BCUT2D eigenvalue weighted by Gasteiger charge is -2.31. The average molecular weight is 296 g/mol. The Morgan fingerprint density at radius 3 is 2.57 bits per heavy atom. The van der Waals surface area contributed by atoms with Crippen molar-refractivity contribution in [1.82, 2.24) is 10.2 Å². The van der Waals surface area contributed by atoms with E-state index in [1.54, 1.807) is 0 Å². The van der Waals surface area contributed by atoms with Crippen LogP contribution in [0.15, 0.2) is 0 Å². The fourth-order valence-corrected chi connectivity index (χ4v) is 3.67. The monoisotopic (exact) mass is 296 g/mol. The highest BCUT2D eigenvalue weighted by molar-refractivity contribution is 5.75. The number of carboxylic acid groups (broad SMARTS) is 1. The van der Waals surface area contributed by atoms with Crippen molar-refractivity contribution in [1.29, 1.82) is 0 Å². The Hall–Kier alpha value is -1.26. The molecule has 5 nitrogen and oxygen atoms in total. The highest BCUT2D eigenvalue weighted by Gasteiger charge is 2.31. The Labute approximate surface area is 127 Å². The number of rotatable bonds is 3. The van der Waals surface area contributed by atoms with E-state index in [2.05, 4.69) is 12.2 Å². The van der Waals surface area contributed by atoms with E-state index >= 15 is 0 Å². The Balaban J connectivity index is 1.85. The van der Waals surface area contributed by atoms with Crippen LogP contribution < -0.4 is 5.32 Å². The summed E-state index contributed by atoms with van der Waals surface area (Å²) in [6.07, 6.45) is 8.23. The minimum atomic E-state index is -0.711. The van der Waals surface area contributed by atoms with Crippen molar-refractivity contribution in [3.8, 4) is 0 Å². The largest absolute Gasteiger partial charge is 0.481 e. The van der Waals surface area contributed by atoms with Crippen LogP contribution >= 0.6 is 0 Å². The number of nitrogens with zero attached hydrogens (tertiary/aromatic N) is 1. The summed E-state index contributed by atoms with van der Waals surface area (Å²) in [6, 6.07) is 0.272. The number of urea groups is 1. The zero-order chi connectivity index (χ0) is 15.2. The molecule has 0 aromatic carbocycles. The summed E-state index contributed by atoms with van der Waals surface area (Å²) in [5.74, 6) is -0.916. The first-order valence-corrected chi connectivity index (χ1v) is 8.37. The van der Waals surface area contributed by atoms with Gasteiger partial charge in [-0.3, -0.25) is 4.79 Å². The number of amides is 2. The molecular formula is C16H28N2O3. The van der Waals surface area contributed by atoms with Crippen LogP contribution in [-0.4, -0.2) is 41.1 Å². The van der Waals surface area contributed by atoms with Gasteiger partial charge in [-0.2, -0.15) is 0 Å². The first-order chi connectivity index (χ1) is 10.1. The van der Waals surface area contributed by atoms with Gasteiger partial charge in [0.2, 0.25) is 0 Å². The summed E-state index contributed by atoms with van der Waals surface area (Å²) in [7, 11) is 0. The van der Waals surface area contributed by atoms with Crippen LogP contribution in [0.2, 0.25) is 0 Å². The van der Waals surface area contributed by atoms with Crippen molar-refractivity contribution < 1.29 is 14.7 Å². The predicted molar refractivity (Wildman–Crippen MR) is 81.1 cm³/mol. The maximum atomic E-state index is 12.3. The number of hydrogen-bond donors (Lipinski definition) is 2. The molecule has 3 unspecified atom stereocenters.